The van der Waals surface area contributed by atoms with Gasteiger partial charge in [-0.15, -0.1) is 0 Å². The van der Waals surface area contributed by atoms with Gasteiger partial charge in [0.15, 0.2) is 0 Å². The van der Waals surface area contributed by atoms with Gasteiger partial charge in [-0.3, -0.25) is 0 Å². The highest BCUT2D eigenvalue weighted by Crippen LogP contribution is 2.53. The highest BCUT2D eigenvalue weighted by molar-refractivity contribution is 5.47. The van der Waals surface area contributed by atoms with Crippen molar-refractivity contribution in [2.45, 2.75) is 25.4 Å². The standard InChI is InChI=1S/C10H10O/c1-6-2-3-9-7(4-6)8-5-10(8)11-9/h2-4,8,10H,5H2,1H3. The summed E-state index contributed by atoms with van der Waals surface area (Å²) in [6.45, 7) is 2.13. The maximum Gasteiger partial charge on any atom is 0.123 e. The van der Waals surface area contributed by atoms with Crippen molar-refractivity contribution < 1.29 is 4.74 Å². The van der Waals surface area contributed by atoms with Crippen LogP contribution >= 0.6 is 0 Å². The lowest BCUT2D eigenvalue weighted by Gasteiger charge is -2.02. The summed E-state index contributed by atoms with van der Waals surface area (Å²) in [5.41, 5.74) is 2.79. The second-order valence-electron chi connectivity index (χ2n) is 3.54. The molecule has 1 nitrogen and oxygen atoms in total. The van der Waals surface area contributed by atoms with Crippen molar-refractivity contribution in [1.82, 2.24) is 0 Å². The molecule has 1 saturated carbocycles. The van der Waals surface area contributed by atoms with Gasteiger partial charge in [0, 0.05) is 11.5 Å². The minimum atomic E-state index is 0.534. The van der Waals surface area contributed by atoms with Crippen molar-refractivity contribution in [2.75, 3.05) is 0 Å². The molecule has 0 radical (unpaired) electrons. The van der Waals surface area contributed by atoms with Gasteiger partial charge in [0.25, 0.3) is 0 Å². The van der Waals surface area contributed by atoms with E-state index >= 15 is 0 Å². The first-order valence-electron chi connectivity index (χ1n) is 4.12. The van der Waals surface area contributed by atoms with E-state index in [0.29, 0.717) is 6.10 Å². The number of hydrogen-bond donors (Lipinski definition) is 0. The van der Waals surface area contributed by atoms with E-state index < -0.39 is 0 Å². The quantitative estimate of drug-likeness (QED) is 0.545. The first-order chi connectivity index (χ1) is 5.34. The van der Waals surface area contributed by atoms with Gasteiger partial charge in [0.1, 0.15) is 11.9 Å². The molecule has 1 heterocycles. The summed E-state index contributed by atoms with van der Waals surface area (Å²) >= 11 is 0. The third-order valence-corrected chi connectivity index (χ3v) is 2.57. The predicted molar refractivity (Wildman–Crippen MR) is 43.0 cm³/mol. The van der Waals surface area contributed by atoms with E-state index in [2.05, 4.69) is 25.1 Å². The number of benzene rings is 1. The monoisotopic (exact) mass is 146 g/mol. The number of rotatable bonds is 0. The Morgan fingerprint density at radius 1 is 1.45 bits per heavy atom. The molecule has 2 unspecified atom stereocenters. The van der Waals surface area contributed by atoms with Crippen LogP contribution in [-0.4, -0.2) is 6.10 Å². The van der Waals surface area contributed by atoms with Crippen LogP contribution in [0.5, 0.6) is 5.75 Å². The Labute approximate surface area is 66.0 Å². The first kappa shape index (κ1) is 5.64. The first-order valence-corrected chi connectivity index (χ1v) is 4.12. The number of fused-ring (bicyclic) bond motifs is 3. The van der Waals surface area contributed by atoms with Crippen LogP contribution in [0.25, 0.3) is 0 Å². The number of aryl methyl sites for hydroxylation is 1. The summed E-state index contributed by atoms with van der Waals surface area (Å²) < 4.78 is 5.64. The van der Waals surface area contributed by atoms with Crippen LogP contribution in [0.15, 0.2) is 18.2 Å². The normalized spacial score (nSPS) is 30.6. The van der Waals surface area contributed by atoms with Crippen LogP contribution in [0.4, 0.5) is 0 Å². The summed E-state index contributed by atoms with van der Waals surface area (Å²) in [7, 11) is 0. The Hall–Kier alpha value is -0.980. The zero-order valence-corrected chi connectivity index (χ0v) is 6.50. The van der Waals surface area contributed by atoms with Gasteiger partial charge in [-0.05, 0) is 19.4 Å². The van der Waals surface area contributed by atoms with Gasteiger partial charge in [-0.2, -0.15) is 0 Å². The molecular formula is C10H10O. The van der Waals surface area contributed by atoms with Crippen LogP contribution in [0, 0.1) is 6.92 Å². The molecule has 1 aromatic rings. The van der Waals surface area contributed by atoms with Crippen molar-refractivity contribution in [2.24, 2.45) is 0 Å². The van der Waals surface area contributed by atoms with Crippen molar-refractivity contribution in [3.8, 4) is 5.75 Å². The van der Waals surface area contributed by atoms with Crippen LogP contribution < -0.4 is 4.74 Å². The molecule has 0 aromatic heterocycles. The molecular weight excluding hydrogens is 136 g/mol. The maximum absolute atomic E-state index is 5.64. The molecule has 2 aliphatic rings. The molecule has 1 aliphatic heterocycles. The molecule has 0 bridgehead atoms. The fourth-order valence-electron chi connectivity index (χ4n) is 1.86. The molecule has 56 valence electrons. The number of ether oxygens (including phenoxy) is 1. The van der Waals surface area contributed by atoms with Gasteiger partial charge < -0.3 is 4.74 Å². The van der Waals surface area contributed by atoms with Crippen molar-refractivity contribution in [3.63, 3.8) is 0 Å². The van der Waals surface area contributed by atoms with Gasteiger partial charge in [0.05, 0.1) is 0 Å². The fourth-order valence-corrected chi connectivity index (χ4v) is 1.86. The highest BCUT2D eigenvalue weighted by Gasteiger charge is 2.47. The molecule has 2 atom stereocenters. The van der Waals surface area contributed by atoms with Crippen LogP contribution in [0.2, 0.25) is 0 Å². The zero-order chi connectivity index (χ0) is 7.42. The molecule has 0 amide bonds. The van der Waals surface area contributed by atoms with Crippen molar-refractivity contribution in [1.29, 1.82) is 0 Å². The summed E-state index contributed by atoms with van der Waals surface area (Å²) in [6, 6.07) is 6.47. The van der Waals surface area contributed by atoms with Gasteiger partial charge in [-0.25, -0.2) is 0 Å². The van der Waals surface area contributed by atoms with Crippen LogP contribution in [-0.2, 0) is 0 Å². The lowest BCUT2D eigenvalue weighted by molar-refractivity contribution is 0.318. The average molecular weight is 146 g/mol. The molecule has 0 N–H and O–H groups in total. The smallest absolute Gasteiger partial charge is 0.123 e. The second-order valence-corrected chi connectivity index (χ2v) is 3.54. The van der Waals surface area contributed by atoms with Gasteiger partial charge >= 0.3 is 0 Å². The van der Waals surface area contributed by atoms with Crippen LogP contribution in [0.3, 0.4) is 0 Å². The molecule has 0 saturated heterocycles. The Morgan fingerprint density at radius 2 is 2.36 bits per heavy atom. The number of hydrogen-bond acceptors (Lipinski definition) is 1. The SMILES string of the molecule is Cc1ccc2c(c1)C1CC1O2. The summed E-state index contributed by atoms with van der Waals surface area (Å²) in [5.74, 6) is 1.86. The van der Waals surface area contributed by atoms with E-state index in [0.717, 1.165) is 11.7 Å². The molecule has 1 aliphatic carbocycles. The molecule has 1 fully saturated rings. The van der Waals surface area contributed by atoms with E-state index in [1.807, 2.05) is 0 Å². The maximum atomic E-state index is 5.64. The Morgan fingerprint density at radius 3 is 3.27 bits per heavy atom. The topological polar surface area (TPSA) is 9.23 Å². The van der Waals surface area contributed by atoms with Crippen molar-refractivity contribution in [3.05, 3.63) is 29.3 Å². The highest BCUT2D eigenvalue weighted by atomic mass is 16.5. The van der Waals surface area contributed by atoms with E-state index in [4.69, 9.17) is 4.74 Å². The second kappa shape index (κ2) is 1.60. The molecule has 3 rings (SSSR count). The zero-order valence-electron chi connectivity index (χ0n) is 6.50. The van der Waals surface area contributed by atoms with Crippen molar-refractivity contribution >= 4 is 0 Å². The van der Waals surface area contributed by atoms with E-state index in [1.165, 1.54) is 17.5 Å². The Kier molecular flexibility index (Phi) is 0.823. The third-order valence-electron chi connectivity index (χ3n) is 2.57. The lowest BCUT2D eigenvalue weighted by Crippen LogP contribution is -1.90. The Balaban J connectivity index is 2.20. The molecule has 1 aromatic carbocycles. The molecule has 1 heteroatoms. The summed E-state index contributed by atoms with van der Waals surface area (Å²) in [6.07, 6.45) is 1.78. The van der Waals surface area contributed by atoms with Gasteiger partial charge in [0.2, 0.25) is 0 Å². The predicted octanol–water partition coefficient (Wildman–Crippen LogP) is 2.24. The minimum absolute atomic E-state index is 0.534. The lowest BCUT2D eigenvalue weighted by atomic mass is 10.1. The minimum Gasteiger partial charge on any atom is -0.489 e. The van der Waals surface area contributed by atoms with E-state index in [1.54, 1.807) is 0 Å². The van der Waals surface area contributed by atoms with Gasteiger partial charge in [-0.1, -0.05) is 17.7 Å². The van der Waals surface area contributed by atoms with E-state index in [9.17, 15) is 0 Å². The molecule has 11 heavy (non-hydrogen) atoms. The largest absolute Gasteiger partial charge is 0.489 e. The molecule has 0 spiro atoms. The Bertz CT molecular complexity index is 317. The third kappa shape index (κ3) is 0.657. The average Bonchev–Trinajstić information content (AvgIpc) is 2.67. The summed E-state index contributed by atoms with van der Waals surface area (Å²) in [4.78, 5) is 0. The fraction of sp³-hybridized carbons (Fsp3) is 0.400. The van der Waals surface area contributed by atoms with E-state index in [-0.39, 0.29) is 0 Å². The summed E-state index contributed by atoms with van der Waals surface area (Å²) in [5, 5.41) is 0. The van der Waals surface area contributed by atoms with Crippen LogP contribution in [0.1, 0.15) is 23.5 Å².